The molecule has 1 aromatic rings. The Morgan fingerprint density at radius 1 is 1.28 bits per heavy atom. The Hall–Kier alpha value is -1.07. The first kappa shape index (κ1) is 13.4. The standard InChI is InChI=1S/C13H15F3O2/c14-13(15,16)10-5-3-9(4-6-10)8-11(17)12-2-1-7-18-12/h3-6,11-12,17H,1-2,7-8H2. The molecule has 1 aliphatic rings. The van der Waals surface area contributed by atoms with Gasteiger partial charge in [0.15, 0.2) is 0 Å². The van der Waals surface area contributed by atoms with Crippen molar-refractivity contribution in [3.8, 4) is 0 Å². The van der Waals surface area contributed by atoms with Gasteiger partial charge in [0, 0.05) is 13.0 Å². The fourth-order valence-electron chi connectivity index (χ4n) is 2.11. The predicted molar refractivity (Wildman–Crippen MR) is 60.1 cm³/mol. The van der Waals surface area contributed by atoms with Crippen LogP contribution in [0.5, 0.6) is 0 Å². The second-order valence-electron chi connectivity index (χ2n) is 4.52. The highest BCUT2D eigenvalue weighted by Crippen LogP contribution is 2.29. The number of rotatable bonds is 3. The molecular weight excluding hydrogens is 245 g/mol. The number of hydrogen-bond donors (Lipinski definition) is 1. The molecule has 0 bridgehead atoms. The van der Waals surface area contributed by atoms with E-state index in [1.165, 1.54) is 12.1 Å². The van der Waals surface area contributed by atoms with Gasteiger partial charge < -0.3 is 9.84 Å². The van der Waals surface area contributed by atoms with E-state index in [1.807, 2.05) is 0 Å². The Bertz CT molecular complexity index is 380. The third-order valence-electron chi connectivity index (χ3n) is 3.12. The van der Waals surface area contributed by atoms with E-state index >= 15 is 0 Å². The van der Waals surface area contributed by atoms with E-state index in [-0.39, 0.29) is 6.10 Å². The fraction of sp³-hybridized carbons (Fsp3) is 0.538. The van der Waals surface area contributed by atoms with Gasteiger partial charge in [0.25, 0.3) is 0 Å². The van der Waals surface area contributed by atoms with Crippen molar-refractivity contribution in [1.82, 2.24) is 0 Å². The molecular formula is C13H15F3O2. The van der Waals surface area contributed by atoms with Crippen molar-refractivity contribution in [2.24, 2.45) is 0 Å². The number of ether oxygens (including phenoxy) is 1. The Kier molecular flexibility index (Phi) is 3.92. The van der Waals surface area contributed by atoms with Crippen molar-refractivity contribution in [2.75, 3.05) is 6.61 Å². The van der Waals surface area contributed by atoms with Crippen molar-refractivity contribution in [2.45, 2.75) is 37.6 Å². The largest absolute Gasteiger partial charge is 0.416 e. The minimum atomic E-state index is -4.31. The summed E-state index contributed by atoms with van der Waals surface area (Å²) in [5, 5.41) is 9.88. The maximum absolute atomic E-state index is 12.4. The molecule has 1 fully saturated rings. The van der Waals surface area contributed by atoms with Crippen LogP contribution in [0.2, 0.25) is 0 Å². The molecule has 0 amide bonds. The summed E-state index contributed by atoms with van der Waals surface area (Å²) >= 11 is 0. The first-order chi connectivity index (χ1) is 8.47. The number of halogens is 3. The van der Waals surface area contributed by atoms with Gasteiger partial charge in [-0.3, -0.25) is 0 Å². The highest BCUT2D eigenvalue weighted by atomic mass is 19.4. The predicted octanol–water partition coefficient (Wildman–Crippen LogP) is 2.79. The average molecular weight is 260 g/mol. The fourth-order valence-corrected chi connectivity index (χ4v) is 2.11. The number of aliphatic hydroxyl groups excluding tert-OH is 1. The van der Waals surface area contributed by atoms with E-state index in [9.17, 15) is 18.3 Å². The third-order valence-corrected chi connectivity index (χ3v) is 3.12. The molecule has 1 heterocycles. The lowest BCUT2D eigenvalue weighted by Crippen LogP contribution is -2.27. The molecule has 0 radical (unpaired) electrons. The molecule has 0 spiro atoms. The van der Waals surface area contributed by atoms with Crippen LogP contribution < -0.4 is 0 Å². The lowest BCUT2D eigenvalue weighted by Gasteiger charge is -2.17. The first-order valence-electron chi connectivity index (χ1n) is 5.92. The van der Waals surface area contributed by atoms with Crippen LogP contribution in [0.3, 0.4) is 0 Å². The molecule has 0 saturated carbocycles. The number of aliphatic hydroxyl groups is 1. The van der Waals surface area contributed by atoms with Gasteiger partial charge in [0.2, 0.25) is 0 Å². The quantitative estimate of drug-likeness (QED) is 0.905. The summed E-state index contributed by atoms with van der Waals surface area (Å²) in [7, 11) is 0. The van der Waals surface area contributed by atoms with Gasteiger partial charge in [-0.1, -0.05) is 12.1 Å². The number of alkyl halides is 3. The number of hydrogen-bond acceptors (Lipinski definition) is 2. The van der Waals surface area contributed by atoms with Crippen molar-refractivity contribution in [3.63, 3.8) is 0 Å². The smallest absolute Gasteiger partial charge is 0.390 e. The summed E-state index contributed by atoms with van der Waals surface area (Å²) in [4.78, 5) is 0. The van der Waals surface area contributed by atoms with E-state index in [0.717, 1.165) is 25.0 Å². The molecule has 2 nitrogen and oxygen atoms in total. The molecule has 2 rings (SSSR count). The zero-order valence-electron chi connectivity index (χ0n) is 9.78. The van der Waals surface area contributed by atoms with Crippen molar-refractivity contribution in [3.05, 3.63) is 35.4 Å². The van der Waals surface area contributed by atoms with Crippen LogP contribution in [0.4, 0.5) is 13.2 Å². The highest BCUT2D eigenvalue weighted by Gasteiger charge is 2.30. The molecule has 1 saturated heterocycles. The molecule has 0 aromatic heterocycles. The van der Waals surface area contributed by atoms with Gasteiger partial charge in [-0.15, -0.1) is 0 Å². The Balaban J connectivity index is 1.97. The molecule has 18 heavy (non-hydrogen) atoms. The molecule has 100 valence electrons. The van der Waals surface area contributed by atoms with E-state index in [1.54, 1.807) is 0 Å². The number of benzene rings is 1. The van der Waals surface area contributed by atoms with E-state index < -0.39 is 17.8 Å². The van der Waals surface area contributed by atoms with Gasteiger partial charge in [0.1, 0.15) is 0 Å². The Morgan fingerprint density at radius 2 is 1.94 bits per heavy atom. The Labute approximate surface area is 103 Å². The van der Waals surface area contributed by atoms with E-state index in [0.29, 0.717) is 18.6 Å². The minimum absolute atomic E-state index is 0.188. The molecule has 2 atom stereocenters. The first-order valence-corrected chi connectivity index (χ1v) is 5.92. The van der Waals surface area contributed by atoms with Gasteiger partial charge >= 0.3 is 6.18 Å². The average Bonchev–Trinajstić information content (AvgIpc) is 2.82. The highest BCUT2D eigenvalue weighted by molar-refractivity contribution is 5.25. The molecule has 0 aliphatic carbocycles. The molecule has 1 aliphatic heterocycles. The lowest BCUT2D eigenvalue weighted by molar-refractivity contribution is -0.137. The summed E-state index contributed by atoms with van der Waals surface area (Å²) < 4.78 is 42.4. The second kappa shape index (κ2) is 5.28. The zero-order valence-corrected chi connectivity index (χ0v) is 9.78. The van der Waals surface area contributed by atoms with Crippen molar-refractivity contribution in [1.29, 1.82) is 0 Å². The maximum Gasteiger partial charge on any atom is 0.416 e. The molecule has 5 heteroatoms. The van der Waals surface area contributed by atoms with Crippen LogP contribution in [0.25, 0.3) is 0 Å². The molecule has 1 N–H and O–H groups in total. The van der Waals surface area contributed by atoms with Crippen LogP contribution in [-0.4, -0.2) is 23.9 Å². The van der Waals surface area contributed by atoms with Gasteiger partial charge in [0.05, 0.1) is 17.8 Å². The minimum Gasteiger partial charge on any atom is -0.390 e. The van der Waals surface area contributed by atoms with Gasteiger partial charge in [-0.25, -0.2) is 0 Å². The van der Waals surface area contributed by atoms with Crippen LogP contribution in [-0.2, 0) is 17.3 Å². The van der Waals surface area contributed by atoms with Crippen LogP contribution >= 0.6 is 0 Å². The van der Waals surface area contributed by atoms with Crippen molar-refractivity contribution < 1.29 is 23.0 Å². The second-order valence-corrected chi connectivity index (χ2v) is 4.52. The van der Waals surface area contributed by atoms with Crippen LogP contribution in [0, 0.1) is 0 Å². The summed E-state index contributed by atoms with van der Waals surface area (Å²) in [5.41, 5.74) is 0.0175. The van der Waals surface area contributed by atoms with E-state index in [2.05, 4.69) is 0 Å². The normalized spacial score (nSPS) is 22.1. The Morgan fingerprint density at radius 3 is 2.44 bits per heavy atom. The maximum atomic E-state index is 12.4. The monoisotopic (exact) mass is 260 g/mol. The third kappa shape index (κ3) is 3.23. The summed E-state index contributed by atoms with van der Waals surface area (Å²) in [5.74, 6) is 0. The SMILES string of the molecule is OC(Cc1ccc(C(F)(F)F)cc1)C1CCCO1. The van der Waals surface area contributed by atoms with E-state index in [4.69, 9.17) is 4.74 Å². The summed E-state index contributed by atoms with van der Waals surface area (Å²) in [6, 6.07) is 4.89. The summed E-state index contributed by atoms with van der Waals surface area (Å²) in [6.45, 7) is 0.648. The molecule has 2 unspecified atom stereocenters. The molecule has 1 aromatic carbocycles. The van der Waals surface area contributed by atoms with Crippen molar-refractivity contribution >= 4 is 0 Å². The van der Waals surface area contributed by atoms with Gasteiger partial charge in [-0.05, 0) is 30.5 Å². The van der Waals surface area contributed by atoms with Gasteiger partial charge in [-0.2, -0.15) is 13.2 Å². The zero-order chi connectivity index (χ0) is 13.2. The summed E-state index contributed by atoms with van der Waals surface area (Å²) in [6.07, 6.45) is -3.10. The van der Waals surface area contributed by atoms with Crippen LogP contribution in [0.1, 0.15) is 24.0 Å². The topological polar surface area (TPSA) is 29.5 Å². The lowest BCUT2D eigenvalue weighted by atomic mass is 10.0. The van der Waals surface area contributed by atoms with Crippen LogP contribution in [0.15, 0.2) is 24.3 Å².